The average Bonchev–Trinajstić information content (AvgIpc) is 2.25. The van der Waals surface area contributed by atoms with E-state index in [1.165, 1.54) is 0 Å². The fourth-order valence-corrected chi connectivity index (χ4v) is 1.17. The molecule has 0 saturated carbocycles. The molecule has 18 heavy (non-hydrogen) atoms. The third-order valence-electron chi connectivity index (χ3n) is 1.93. The number of rotatable bonds is 3. The van der Waals surface area contributed by atoms with Crippen LogP contribution in [0.5, 0.6) is 0 Å². The van der Waals surface area contributed by atoms with E-state index in [-0.39, 0.29) is 12.4 Å². The first-order chi connectivity index (χ1) is 7.90. The maximum Gasteiger partial charge on any atom is 0.407 e. The summed E-state index contributed by atoms with van der Waals surface area (Å²) in [6.07, 6.45) is 1.26. The van der Waals surface area contributed by atoms with Gasteiger partial charge in [-0.1, -0.05) is 6.07 Å². The maximum absolute atomic E-state index is 11.4. The van der Waals surface area contributed by atoms with Gasteiger partial charge in [0.25, 0.3) is 0 Å². The van der Waals surface area contributed by atoms with Crippen LogP contribution in [0.3, 0.4) is 0 Å². The highest BCUT2D eigenvalue weighted by Crippen LogP contribution is 2.07. The Balaban J connectivity index is 0.00000289. The Labute approximate surface area is 114 Å². The molecular formula is C12H20ClN3O2. The monoisotopic (exact) mass is 273 g/mol. The summed E-state index contributed by atoms with van der Waals surface area (Å²) >= 11 is 0. The van der Waals surface area contributed by atoms with E-state index in [4.69, 9.17) is 10.5 Å². The molecule has 5 nitrogen and oxygen atoms in total. The summed E-state index contributed by atoms with van der Waals surface area (Å²) in [7, 11) is 0. The number of nitrogens with one attached hydrogen (secondary N) is 1. The molecule has 0 saturated heterocycles. The van der Waals surface area contributed by atoms with Crippen LogP contribution in [0.1, 0.15) is 32.0 Å². The Kier molecular flexibility index (Phi) is 6.65. The molecule has 0 radical (unpaired) electrons. The average molecular weight is 274 g/mol. The van der Waals surface area contributed by atoms with Gasteiger partial charge < -0.3 is 15.8 Å². The molecule has 0 fully saturated rings. The van der Waals surface area contributed by atoms with Gasteiger partial charge in [-0.05, 0) is 32.4 Å². The molecule has 102 valence electrons. The summed E-state index contributed by atoms with van der Waals surface area (Å²) < 4.78 is 5.11. The Morgan fingerprint density at radius 3 is 2.56 bits per heavy atom. The van der Waals surface area contributed by atoms with E-state index in [9.17, 15) is 4.79 Å². The van der Waals surface area contributed by atoms with E-state index in [0.29, 0.717) is 13.1 Å². The highest BCUT2D eigenvalue weighted by Gasteiger charge is 2.15. The Morgan fingerprint density at radius 2 is 2.11 bits per heavy atom. The zero-order valence-electron chi connectivity index (χ0n) is 10.9. The lowest BCUT2D eigenvalue weighted by atomic mass is 10.2. The second kappa shape index (κ2) is 7.18. The van der Waals surface area contributed by atoms with Gasteiger partial charge >= 0.3 is 6.09 Å². The van der Waals surface area contributed by atoms with Crippen LogP contribution in [0.15, 0.2) is 18.3 Å². The van der Waals surface area contributed by atoms with Crippen LogP contribution in [-0.2, 0) is 17.8 Å². The maximum atomic E-state index is 11.4. The minimum Gasteiger partial charge on any atom is -0.444 e. The van der Waals surface area contributed by atoms with Crippen molar-refractivity contribution in [3.8, 4) is 0 Å². The lowest BCUT2D eigenvalue weighted by Crippen LogP contribution is -2.32. The predicted octanol–water partition coefficient (Wildman–Crippen LogP) is 1.99. The van der Waals surface area contributed by atoms with E-state index >= 15 is 0 Å². The minimum atomic E-state index is -0.480. The van der Waals surface area contributed by atoms with Crippen molar-refractivity contribution in [1.29, 1.82) is 0 Å². The van der Waals surface area contributed by atoms with E-state index in [2.05, 4.69) is 10.3 Å². The van der Waals surface area contributed by atoms with Crippen molar-refractivity contribution < 1.29 is 9.53 Å². The molecule has 0 aliphatic heterocycles. The Bertz CT molecular complexity index is 374. The first kappa shape index (κ1) is 16.7. The second-order valence-corrected chi connectivity index (χ2v) is 4.72. The molecule has 0 aromatic carbocycles. The smallest absolute Gasteiger partial charge is 0.407 e. The molecule has 0 aliphatic rings. The SMILES string of the molecule is CC(C)(C)OC(=O)NCc1ccc(CN)nc1.Cl. The third-order valence-corrected chi connectivity index (χ3v) is 1.93. The molecule has 0 aliphatic carbocycles. The first-order valence-corrected chi connectivity index (χ1v) is 5.51. The third kappa shape index (κ3) is 6.42. The summed E-state index contributed by atoms with van der Waals surface area (Å²) in [4.78, 5) is 15.5. The van der Waals surface area contributed by atoms with Gasteiger partial charge in [0.2, 0.25) is 0 Å². The van der Waals surface area contributed by atoms with Crippen molar-refractivity contribution in [1.82, 2.24) is 10.3 Å². The lowest BCUT2D eigenvalue weighted by Gasteiger charge is -2.19. The summed E-state index contributed by atoms with van der Waals surface area (Å²) in [6, 6.07) is 3.72. The van der Waals surface area contributed by atoms with Crippen molar-refractivity contribution in [3.05, 3.63) is 29.6 Å². The standard InChI is InChI=1S/C12H19N3O2.ClH/c1-12(2,3)17-11(16)15-8-9-4-5-10(6-13)14-7-9;/h4-5,7H,6,8,13H2,1-3H3,(H,15,16);1H. The molecule has 3 N–H and O–H groups in total. The van der Waals surface area contributed by atoms with Crippen LogP contribution in [0.25, 0.3) is 0 Å². The molecule has 1 amide bonds. The summed E-state index contributed by atoms with van der Waals surface area (Å²) in [5.41, 5.74) is 6.69. The van der Waals surface area contributed by atoms with Crippen LogP contribution in [0, 0.1) is 0 Å². The molecule has 6 heteroatoms. The molecule has 1 aromatic rings. The molecule has 0 unspecified atom stereocenters. The number of hydrogen-bond acceptors (Lipinski definition) is 4. The number of nitrogens with two attached hydrogens (primary N) is 1. The topological polar surface area (TPSA) is 77.2 Å². The van der Waals surface area contributed by atoms with Crippen molar-refractivity contribution in [3.63, 3.8) is 0 Å². The van der Waals surface area contributed by atoms with Gasteiger partial charge in [0, 0.05) is 19.3 Å². The van der Waals surface area contributed by atoms with Crippen LogP contribution in [-0.4, -0.2) is 16.7 Å². The largest absolute Gasteiger partial charge is 0.444 e. The van der Waals surface area contributed by atoms with Crippen LogP contribution in [0.4, 0.5) is 4.79 Å². The predicted molar refractivity (Wildman–Crippen MR) is 72.5 cm³/mol. The van der Waals surface area contributed by atoms with E-state index < -0.39 is 11.7 Å². The normalized spacial score (nSPS) is 10.4. The number of halogens is 1. The van der Waals surface area contributed by atoms with Crippen molar-refractivity contribution in [2.75, 3.05) is 0 Å². The molecule has 0 spiro atoms. The quantitative estimate of drug-likeness (QED) is 0.883. The molecule has 0 atom stereocenters. The number of carbonyl (C=O) groups excluding carboxylic acids is 1. The number of aromatic nitrogens is 1. The zero-order chi connectivity index (χ0) is 12.9. The van der Waals surface area contributed by atoms with E-state index in [0.717, 1.165) is 11.3 Å². The number of hydrogen-bond donors (Lipinski definition) is 2. The van der Waals surface area contributed by atoms with Crippen molar-refractivity contribution >= 4 is 18.5 Å². The zero-order valence-corrected chi connectivity index (χ0v) is 11.7. The van der Waals surface area contributed by atoms with Gasteiger partial charge in [-0.25, -0.2) is 4.79 Å². The molecule has 1 aromatic heterocycles. The first-order valence-electron chi connectivity index (χ1n) is 5.51. The second-order valence-electron chi connectivity index (χ2n) is 4.72. The fraction of sp³-hybridized carbons (Fsp3) is 0.500. The fourth-order valence-electron chi connectivity index (χ4n) is 1.17. The van der Waals surface area contributed by atoms with Gasteiger partial charge in [0.05, 0.1) is 5.69 Å². The molecular weight excluding hydrogens is 254 g/mol. The van der Waals surface area contributed by atoms with E-state index in [1.807, 2.05) is 32.9 Å². The van der Waals surface area contributed by atoms with Gasteiger partial charge in [0.15, 0.2) is 0 Å². The number of nitrogens with zero attached hydrogens (tertiary/aromatic N) is 1. The lowest BCUT2D eigenvalue weighted by molar-refractivity contribution is 0.0523. The summed E-state index contributed by atoms with van der Waals surface area (Å²) in [6.45, 7) is 6.28. The number of carbonyl (C=O) groups is 1. The van der Waals surface area contributed by atoms with E-state index in [1.54, 1.807) is 6.20 Å². The number of pyridine rings is 1. The molecule has 1 heterocycles. The van der Waals surface area contributed by atoms with Gasteiger partial charge in [-0.15, -0.1) is 12.4 Å². The van der Waals surface area contributed by atoms with Gasteiger partial charge in [-0.2, -0.15) is 0 Å². The van der Waals surface area contributed by atoms with Crippen molar-refractivity contribution in [2.45, 2.75) is 39.5 Å². The molecule has 1 rings (SSSR count). The Morgan fingerprint density at radius 1 is 1.44 bits per heavy atom. The highest BCUT2D eigenvalue weighted by atomic mass is 35.5. The number of alkyl carbamates (subject to hydrolysis) is 1. The number of amides is 1. The van der Waals surface area contributed by atoms with Crippen molar-refractivity contribution in [2.24, 2.45) is 5.73 Å². The van der Waals surface area contributed by atoms with Gasteiger partial charge in [0.1, 0.15) is 5.60 Å². The summed E-state index contributed by atoms with van der Waals surface area (Å²) in [5, 5.41) is 2.66. The Hall–Kier alpha value is -1.33. The minimum absolute atomic E-state index is 0. The summed E-state index contributed by atoms with van der Waals surface area (Å²) in [5.74, 6) is 0. The molecule has 0 bridgehead atoms. The van der Waals surface area contributed by atoms with Crippen LogP contribution < -0.4 is 11.1 Å². The van der Waals surface area contributed by atoms with Gasteiger partial charge in [-0.3, -0.25) is 4.98 Å². The van der Waals surface area contributed by atoms with Crippen LogP contribution in [0.2, 0.25) is 0 Å². The highest BCUT2D eigenvalue weighted by molar-refractivity contribution is 5.85. The number of ether oxygens (including phenoxy) is 1. The van der Waals surface area contributed by atoms with Crippen LogP contribution >= 0.6 is 12.4 Å².